The summed E-state index contributed by atoms with van der Waals surface area (Å²) in [6.07, 6.45) is 4.17. The number of carboxylic acids is 1. The van der Waals surface area contributed by atoms with Crippen LogP contribution in [0, 0.1) is 0 Å². The van der Waals surface area contributed by atoms with Gasteiger partial charge in [-0.05, 0) is 30.5 Å². The van der Waals surface area contributed by atoms with Crippen LogP contribution in [-0.2, 0) is 20.8 Å². The van der Waals surface area contributed by atoms with Crippen molar-refractivity contribution in [2.24, 2.45) is 0 Å². The van der Waals surface area contributed by atoms with Crippen LogP contribution in [0.3, 0.4) is 0 Å². The minimum atomic E-state index is -0.993. The number of carbonyl (C=O) groups excluding carboxylic acids is 2. The summed E-state index contributed by atoms with van der Waals surface area (Å²) in [6.45, 7) is 2.65. The SMILES string of the molecule is CCCCCCNC(=O)[C@H](CCC(=O)O)NC(=O)Cc1ccc(Br)cc1. The van der Waals surface area contributed by atoms with E-state index < -0.39 is 12.0 Å². The monoisotopic (exact) mass is 426 g/mol. The van der Waals surface area contributed by atoms with Gasteiger partial charge in [0.2, 0.25) is 11.8 Å². The third-order valence-corrected chi connectivity index (χ3v) is 4.43. The maximum atomic E-state index is 12.3. The Bertz CT molecular complexity index is 590. The molecule has 0 unspecified atom stereocenters. The Hall–Kier alpha value is -1.89. The minimum Gasteiger partial charge on any atom is -0.481 e. The van der Waals surface area contributed by atoms with Crippen LogP contribution in [-0.4, -0.2) is 35.5 Å². The van der Waals surface area contributed by atoms with Crippen LogP contribution >= 0.6 is 15.9 Å². The molecule has 1 rings (SSSR count). The molecule has 0 aliphatic rings. The summed E-state index contributed by atoms with van der Waals surface area (Å²) in [6, 6.07) is 6.49. The van der Waals surface area contributed by atoms with E-state index in [0.29, 0.717) is 6.54 Å². The molecule has 0 radical (unpaired) electrons. The Kier molecular flexibility index (Phi) is 10.6. The van der Waals surface area contributed by atoms with Gasteiger partial charge in [0.05, 0.1) is 6.42 Å². The first-order chi connectivity index (χ1) is 12.4. The van der Waals surface area contributed by atoms with Crippen molar-refractivity contribution < 1.29 is 19.5 Å². The van der Waals surface area contributed by atoms with E-state index in [9.17, 15) is 14.4 Å². The number of unbranched alkanes of at least 4 members (excludes halogenated alkanes) is 3. The van der Waals surface area contributed by atoms with Gasteiger partial charge in [-0.1, -0.05) is 54.2 Å². The quantitative estimate of drug-likeness (QED) is 0.447. The maximum absolute atomic E-state index is 12.3. The van der Waals surface area contributed by atoms with Gasteiger partial charge in [0.1, 0.15) is 6.04 Å². The molecule has 3 N–H and O–H groups in total. The first-order valence-electron chi connectivity index (χ1n) is 8.95. The predicted octanol–water partition coefficient (Wildman–Crippen LogP) is 3.04. The lowest BCUT2D eigenvalue weighted by atomic mass is 10.1. The number of carbonyl (C=O) groups is 3. The van der Waals surface area contributed by atoms with E-state index >= 15 is 0 Å². The van der Waals surface area contributed by atoms with E-state index in [4.69, 9.17) is 5.11 Å². The molecule has 0 heterocycles. The molecule has 2 amide bonds. The molecule has 0 aliphatic carbocycles. The van der Waals surface area contributed by atoms with Crippen LogP contribution in [0.1, 0.15) is 51.0 Å². The van der Waals surface area contributed by atoms with Gasteiger partial charge < -0.3 is 15.7 Å². The summed E-state index contributed by atoms with van der Waals surface area (Å²) >= 11 is 3.34. The Morgan fingerprint density at radius 3 is 2.42 bits per heavy atom. The average Bonchev–Trinajstić information content (AvgIpc) is 2.60. The molecule has 1 aromatic rings. The predicted molar refractivity (Wildman–Crippen MR) is 104 cm³/mol. The lowest BCUT2D eigenvalue weighted by molar-refractivity contribution is -0.138. The number of aliphatic carboxylic acids is 1. The molecule has 6 nitrogen and oxygen atoms in total. The van der Waals surface area contributed by atoms with E-state index in [2.05, 4.69) is 33.5 Å². The van der Waals surface area contributed by atoms with Crippen molar-refractivity contribution in [3.05, 3.63) is 34.3 Å². The Morgan fingerprint density at radius 1 is 1.12 bits per heavy atom. The number of hydrogen-bond donors (Lipinski definition) is 3. The summed E-state index contributed by atoms with van der Waals surface area (Å²) in [5.74, 6) is -1.62. The van der Waals surface area contributed by atoms with Crippen molar-refractivity contribution in [3.8, 4) is 0 Å². The normalized spacial score (nSPS) is 11.6. The molecular formula is C19H27BrN2O4. The number of amides is 2. The summed E-state index contributed by atoms with van der Waals surface area (Å²) in [7, 11) is 0. The second-order valence-corrected chi connectivity index (χ2v) is 7.12. The zero-order valence-electron chi connectivity index (χ0n) is 15.1. The van der Waals surface area contributed by atoms with E-state index in [1.807, 2.05) is 24.3 Å². The summed E-state index contributed by atoms with van der Waals surface area (Å²) in [5, 5.41) is 14.3. The third-order valence-electron chi connectivity index (χ3n) is 3.91. The molecule has 1 atom stereocenters. The Labute approximate surface area is 162 Å². The number of rotatable bonds is 12. The van der Waals surface area contributed by atoms with Gasteiger partial charge in [-0.15, -0.1) is 0 Å². The van der Waals surface area contributed by atoms with Gasteiger partial charge >= 0.3 is 5.97 Å². The van der Waals surface area contributed by atoms with Crippen molar-refractivity contribution in [1.82, 2.24) is 10.6 Å². The number of nitrogens with one attached hydrogen (secondary N) is 2. The van der Waals surface area contributed by atoms with Crippen LogP contribution in [0.2, 0.25) is 0 Å². The largest absolute Gasteiger partial charge is 0.481 e. The molecule has 0 saturated heterocycles. The van der Waals surface area contributed by atoms with Gasteiger partial charge in [-0.2, -0.15) is 0 Å². The van der Waals surface area contributed by atoms with Gasteiger partial charge in [0.25, 0.3) is 0 Å². The van der Waals surface area contributed by atoms with Crippen molar-refractivity contribution >= 4 is 33.7 Å². The zero-order chi connectivity index (χ0) is 19.4. The molecule has 0 saturated carbocycles. The van der Waals surface area contributed by atoms with Crippen LogP contribution < -0.4 is 10.6 Å². The first-order valence-corrected chi connectivity index (χ1v) is 9.75. The van der Waals surface area contributed by atoms with Gasteiger partial charge in [-0.3, -0.25) is 14.4 Å². The molecule has 0 bridgehead atoms. The molecule has 7 heteroatoms. The highest BCUT2D eigenvalue weighted by Gasteiger charge is 2.21. The molecule has 0 aliphatic heterocycles. The molecular weight excluding hydrogens is 400 g/mol. The van der Waals surface area contributed by atoms with E-state index in [-0.39, 0.29) is 31.1 Å². The van der Waals surface area contributed by atoms with Crippen molar-refractivity contribution in [3.63, 3.8) is 0 Å². The molecule has 26 heavy (non-hydrogen) atoms. The highest BCUT2D eigenvalue weighted by Crippen LogP contribution is 2.11. The second-order valence-electron chi connectivity index (χ2n) is 6.21. The molecule has 144 valence electrons. The average molecular weight is 427 g/mol. The fourth-order valence-corrected chi connectivity index (χ4v) is 2.72. The number of carboxylic acid groups (broad SMARTS) is 1. The van der Waals surface area contributed by atoms with E-state index in [1.165, 1.54) is 0 Å². The number of hydrogen-bond acceptors (Lipinski definition) is 3. The fourth-order valence-electron chi connectivity index (χ4n) is 2.46. The number of halogens is 1. The van der Waals surface area contributed by atoms with E-state index in [0.717, 1.165) is 35.7 Å². The summed E-state index contributed by atoms with van der Waals surface area (Å²) in [5.41, 5.74) is 0.822. The summed E-state index contributed by atoms with van der Waals surface area (Å²) in [4.78, 5) is 35.3. The van der Waals surface area contributed by atoms with Crippen LogP contribution in [0.4, 0.5) is 0 Å². The van der Waals surface area contributed by atoms with Gasteiger partial charge in [0.15, 0.2) is 0 Å². The van der Waals surface area contributed by atoms with Gasteiger partial charge in [-0.25, -0.2) is 0 Å². The Morgan fingerprint density at radius 2 is 1.81 bits per heavy atom. The third kappa shape index (κ3) is 9.56. The first kappa shape index (κ1) is 22.2. The van der Waals surface area contributed by atoms with Crippen molar-refractivity contribution in [2.45, 2.75) is 57.9 Å². The molecule has 0 spiro atoms. The topological polar surface area (TPSA) is 95.5 Å². The lowest BCUT2D eigenvalue weighted by Gasteiger charge is -2.18. The fraction of sp³-hybridized carbons (Fsp3) is 0.526. The molecule has 0 fully saturated rings. The second kappa shape index (κ2) is 12.5. The van der Waals surface area contributed by atoms with Crippen molar-refractivity contribution in [1.29, 1.82) is 0 Å². The molecule has 1 aromatic carbocycles. The zero-order valence-corrected chi connectivity index (χ0v) is 16.7. The minimum absolute atomic E-state index is 0.0716. The maximum Gasteiger partial charge on any atom is 0.303 e. The van der Waals surface area contributed by atoms with Crippen LogP contribution in [0.25, 0.3) is 0 Å². The van der Waals surface area contributed by atoms with Gasteiger partial charge in [0, 0.05) is 17.4 Å². The van der Waals surface area contributed by atoms with E-state index in [1.54, 1.807) is 0 Å². The summed E-state index contributed by atoms with van der Waals surface area (Å²) < 4.78 is 0.920. The highest BCUT2D eigenvalue weighted by molar-refractivity contribution is 9.10. The Balaban J connectivity index is 2.54. The molecule has 0 aromatic heterocycles. The smallest absolute Gasteiger partial charge is 0.303 e. The number of benzene rings is 1. The van der Waals surface area contributed by atoms with Crippen LogP contribution in [0.5, 0.6) is 0 Å². The van der Waals surface area contributed by atoms with Crippen molar-refractivity contribution in [2.75, 3.05) is 6.54 Å². The highest BCUT2D eigenvalue weighted by atomic mass is 79.9. The lowest BCUT2D eigenvalue weighted by Crippen LogP contribution is -2.47. The van der Waals surface area contributed by atoms with Crippen LogP contribution in [0.15, 0.2) is 28.7 Å². The standard InChI is InChI=1S/C19H27BrN2O4/c1-2-3-4-5-12-21-19(26)16(10-11-18(24)25)22-17(23)13-14-6-8-15(20)9-7-14/h6-9,16H,2-5,10-13H2,1H3,(H,21,26)(H,22,23)(H,24,25)/t16-/m0/s1.